The van der Waals surface area contributed by atoms with Gasteiger partial charge in [-0.25, -0.2) is 4.79 Å². The Morgan fingerprint density at radius 2 is 1.59 bits per heavy atom. The molecule has 0 spiro atoms. The number of anilines is 1. The van der Waals surface area contributed by atoms with Gasteiger partial charge in [-0.15, -0.1) is 0 Å². The normalized spacial score (nSPS) is 10.4. The lowest BCUT2D eigenvalue weighted by Crippen LogP contribution is -2.17. The maximum Gasteiger partial charge on any atom is 0.337 e. The molecule has 0 atom stereocenters. The highest BCUT2D eigenvalue weighted by molar-refractivity contribution is 6.42. The van der Waals surface area contributed by atoms with E-state index in [9.17, 15) is 14.7 Å². The summed E-state index contributed by atoms with van der Waals surface area (Å²) in [5.74, 6) is -1.46. The van der Waals surface area contributed by atoms with E-state index in [4.69, 9.17) is 23.2 Å². The molecule has 0 heterocycles. The zero-order chi connectivity index (χ0) is 19.4. The maximum absolute atomic E-state index is 12.3. The smallest absolute Gasteiger partial charge is 0.337 e. The molecule has 136 valence electrons. The Hall–Kier alpha value is -2.82. The van der Waals surface area contributed by atoms with Gasteiger partial charge in [0.1, 0.15) is 0 Å². The van der Waals surface area contributed by atoms with Gasteiger partial charge in [-0.05, 0) is 41.0 Å². The van der Waals surface area contributed by atoms with Crippen LogP contribution in [0, 0.1) is 0 Å². The van der Waals surface area contributed by atoms with Gasteiger partial charge in [-0.2, -0.15) is 0 Å². The maximum atomic E-state index is 12.3. The summed E-state index contributed by atoms with van der Waals surface area (Å²) >= 11 is 11.8. The van der Waals surface area contributed by atoms with Crippen molar-refractivity contribution in [3.63, 3.8) is 0 Å². The summed E-state index contributed by atoms with van der Waals surface area (Å²) in [7, 11) is 0. The van der Waals surface area contributed by atoms with Crippen LogP contribution < -0.4 is 5.32 Å². The SMILES string of the molecule is O=C(Cc1ccc(Cl)c(Cl)c1)Nc1ccc(-c2ccccc2)cc1C(=O)O. The van der Waals surface area contributed by atoms with E-state index in [1.54, 1.807) is 36.4 Å². The van der Waals surface area contributed by atoms with Gasteiger partial charge in [0.15, 0.2) is 0 Å². The summed E-state index contributed by atoms with van der Waals surface area (Å²) in [6.07, 6.45) is 0.0520. The number of carboxylic acid groups (broad SMARTS) is 1. The molecule has 0 bridgehead atoms. The Morgan fingerprint density at radius 3 is 2.26 bits per heavy atom. The van der Waals surface area contributed by atoms with Crippen LogP contribution in [0.25, 0.3) is 11.1 Å². The van der Waals surface area contributed by atoms with Gasteiger partial charge in [0, 0.05) is 0 Å². The topological polar surface area (TPSA) is 66.4 Å². The molecular formula is C21H15Cl2NO3. The van der Waals surface area contributed by atoms with Crippen molar-refractivity contribution in [1.82, 2.24) is 0 Å². The molecule has 0 saturated carbocycles. The molecule has 0 saturated heterocycles. The monoisotopic (exact) mass is 399 g/mol. The van der Waals surface area contributed by atoms with E-state index in [0.29, 0.717) is 15.6 Å². The average molecular weight is 400 g/mol. The van der Waals surface area contributed by atoms with E-state index in [0.717, 1.165) is 11.1 Å². The molecule has 0 radical (unpaired) electrons. The van der Waals surface area contributed by atoms with Gasteiger partial charge < -0.3 is 10.4 Å². The van der Waals surface area contributed by atoms with Crippen LogP contribution in [-0.2, 0) is 11.2 Å². The highest BCUT2D eigenvalue weighted by Crippen LogP contribution is 2.26. The zero-order valence-corrected chi connectivity index (χ0v) is 15.6. The van der Waals surface area contributed by atoms with E-state index in [1.807, 2.05) is 30.3 Å². The predicted molar refractivity (Wildman–Crippen MR) is 108 cm³/mol. The lowest BCUT2D eigenvalue weighted by molar-refractivity contribution is -0.115. The van der Waals surface area contributed by atoms with Gasteiger partial charge in [0.25, 0.3) is 0 Å². The molecule has 4 nitrogen and oxygen atoms in total. The number of hydrogen-bond acceptors (Lipinski definition) is 2. The Morgan fingerprint density at radius 1 is 0.852 bits per heavy atom. The highest BCUT2D eigenvalue weighted by Gasteiger charge is 2.15. The molecule has 0 aromatic heterocycles. The van der Waals surface area contributed by atoms with Crippen molar-refractivity contribution in [2.75, 3.05) is 5.32 Å². The summed E-state index contributed by atoms with van der Waals surface area (Å²) in [5, 5.41) is 12.9. The molecular weight excluding hydrogens is 385 g/mol. The van der Waals surface area contributed by atoms with Gasteiger partial charge in [-0.1, -0.05) is 65.7 Å². The lowest BCUT2D eigenvalue weighted by atomic mass is 10.0. The number of carbonyl (C=O) groups is 2. The third-order valence-corrected chi connectivity index (χ3v) is 4.72. The largest absolute Gasteiger partial charge is 0.478 e. The molecule has 3 aromatic rings. The van der Waals surface area contributed by atoms with E-state index in [-0.39, 0.29) is 23.6 Å². The second kappa shape index (κ2) is 8.25. The fraction of sp³-hybridized carbons (Fsp3) is 0.0476. The molecule has 0 unspecified atom stereocenters. The molecule has 0 fully saturated rings. The molecule has 0 aliphatic rings. The van der Waals surface area contributed by atoms with Crippen molar-refractivity contribution in [3.05, 3.63) is 87.9 Å². The van der Waals surface area contributed by atoms with Crippen LogP contribution >= 0.6 is 23.2 Å². The number of hydrogen-bond donors (Lipinski definition) is 2. The van der Waals surface area contributed by atoms with Crippen LogP contribution in [0.1, 0.15) is 15.9 Å². The van der Waals surface area contributed by atoms with Crippen LogP contribution in [0.3, 0.4) is 0 Å². The highest BCUT2D eigenvalue weighted by atomic mass is 35.5. The number of aromatic carboxylic acids is 1. The summed E-state index contributed by atoms with van der Waals surface area (Å²) in [6, 6.07) is 19.3. The molecule has 2 N–H and O–H groups in total. The number of amides is 1. The Bertz CT molecular complexity index is 1000. The van der Waals surface area contributed by atoms with Gasteiger partial charge >= 0.3 is 5.97 Å². The van der Waals surface area contributed by atoms with Gasteiger partial charge in [0.05, 0.1) is 27.7 Å². The second-order valence-corrected chi connectivity index (χ2v) is 6.72. The summed E-state index contributed by atoms with van der Waals surface area (Å²) < 4.78 is 0. The first-order valence-corrected chi connectivity index (χ1v) is 8.86. The molecule has 27 heavy (non-hydrogen) atoms. The molecule has 0 aliphatic heterocycles. The number of halogens is 2. The first-order chi connectivity index (χ1) is 12.9. The van der Waals surface area contributed by atoms with Crippen molar-refractivity contribution in [2.24, 2.45) is 0 Å². The first kappa shape index (κ1) is 19.0. The summed E-state index contributed by atoms with van der Waals surface area (Å²) in [5.41, 5.74) is 2.61. The van der Waals surface area contributed by atoms with E-state index >= 15 is 0 Å². The Balaban J connectivity index is 1.82. The number of rotatable bonds is 5. The van der Waals surface area contributed by atoms with Crippen LogP contribution in [0.4, 0.5) is 5.69 Å². The predicted octanol–water partition coefficient (Wildman–Crippen LogP) is 5.54. The van der Waals surface area contributed by atoms with Crippen molar-refractivity contribution in [2.45, 2.75) is 6.42 Å². The van der Waals surface area contributed by atoms with Crippen molar-refractivity contribution >= 4 is 40.8 Å². The Kier molecular flexibility index (Phi) is 5.79. The minimum Gasteiger partial charge on any atom is -0.478 e. The van der Waals surface area contributed by atoms with Gasteiger partial charge in [-0.3, -0.25) is 4.79 Å². The Labute approximate surface area is 166 Å². The quantitative estimate of drug-likeness (QED) is 0.591. The van der Waals surface area contributed by atoms with Gasteiger partial charge in [0.2, 0.25) is 5.91 Å². The van der Waals surface area contributed by atoms with E-state index < -0.39 is 5.97 Å². The number of carbonyl (C=O) groups excluding carboxylic acids is 1. The standard InChI is InChI=1S/C21H15Cl2NO3/c22-17-8-6-13(10-18(17)23)11-20(25)24-19-9-7-15(12-16(19)21(26)27)14-4-2-1-3-5-14/h1-10,12H,11H2,(H,24,25)(H,26,27). The molecule has 1 amide bonds. The molecule has 3 rings (SSSR count). The van der Waals surface area contributed by atoms with E-state index in [2.05, 4.69) is 5.32 Å². The van der Waals surface area contributed by atoms with Crippen LogP contribution in [-0.4, -0.2) is 17.0 Å². The minimum atomic E-state index is -1.11. The van der Waals surface area contributed by atoms with Crippen LogP contribution in [0.5, 0.6) is 0 Å². The fourth-order valence-corrected chi connectivity index (χ4v) is 2.99. The molecule has 3 aromatic carbocycles. The number of carboxylic acids is 1. The second-order valence-electron chi connectivity index (χ2n) is 5.90. The minimum absolute atomic E-state index is 0.0267. The molecule has 6 heteroatoms. The van der Waals surface area contributed by atoms with Crippen LogP contribution in [0.2, 0.25) is 10.0 Å². The van der Waals surface area contributed by atoms with Crippen LogP contribution in [0.15, 0.2) is 66.7 Å². The fourth-order valence-electron chi connectivity index (χ4n) is 2.67. The average Bonchev–Trinajstić information content (AvgIpc) is 2.65. The third-order valence-electron chi connectivity index (χ3n) is 3.98. The van der Waals surface area contributed by atoms with Crippen molar-refractivity contribution in [3.8, 4) is 11.1 Å². The molecule has 0 aliphatic carbocycles. The first-order valence-electron chi connectivity index (χ1n) is 8.10. The number of benzene rings is 3. The third kappa shape index (κ3) is 4.67. The zero-order valence-electron chi connectivity index (χ0n) is 14.1. The summed E-state index contributed by atoms with van der Waals surface area (Å²) in [4.78, 5) is 24.0. The van der Waals surface area contributed by atoms with Crippen molar-refractivity contribution in [1.29, 1.82) is 0 Å². The van der Waals surface area contributed by atoms with E-state index in [1.165, 1.54) is 0 Å². The number of nitrogens with one attached hydrogen (secondary N) is 1. The summed E-state index contributed by atoms with van der Waals surface area (Å²) in [6.45, 7) is 0. The van der Waals surface area contributed by atoms with Crippen molar-refractivity contribution < 1.29 is 14.7 Å². The lowest BCUT2D eigenvalue weighted by Gasteiger charge is -2.11.